The van der Waals surface area contributed by atoms with E-state index in [1.165, 1.54) is 0 Å². The maximum atomic E-state index is 11.5. The van der Waals surface area contributed by atoms with E-state index in [0.717, 1.165) is 18.8 Å². The van der Waals surface area contributed by atoms with E-state index in [1.54, 1.807) is 23.2 Å². The summed E-state index contributed by atoms with van der Waals surface area (Å²) in [6.07, 6.45) is 1.66. The summed E-state index contributed by atoms with van der Waals surface area (Å²) in [5.74, 6) is 0.116. The van der Waals surface area contributed by atoms with Crippen molar-refractivity contribution in [2.24, 2.45) is 0 Å². The summed E-state index contributed by atoms with van der Waals surface area (Å²) < 4.78 is 4.55. The Hall–Kier alpha value is -2.15. The zero-order valence-electron chi connectivity index (χ0n) is 13.3. The normalized spacial score (nSPS) is 14.9. The Morgan fingerprint density at radius 3 is 2.73 bits per heavy atom. The third-order valence-electron chi connectivity index (χ3n) is 2.78. The molecule has 7 heteroatoms. The van der Waals surface area contributed by atoms with Crippen LogP contribution in [0, 0.1) is 0 Å². The maximum absolute atomic E-state index is 11.5. The Kier molecular flexibility index (Phi) is 6.78. The molecule has 22 heavy (non-hydrogen) atoms. The highest BCUT2D eigenvalue weighted by atomic mass is 16.5. The van der Waals surface area contributed by atoms with Gasteiger partial charge in [-0.1, -0.05) is 0 Å². The Bertz CT molecular complexity index is 500. The van der Waals surface area contributed by atoms with Gasteiger partial charge in [0.1, 0.15) is 5.60 Å². The fourth-order valence-electron chi connectivity index (χ4n) is 1.74. The first-order chi connectivity index (χ1) is 10.3. The van der Waals surface area contributed by atoms with Crippen molar-refractivity contribution in [3.05, 3.63) is 24.0 Å². The molecule has 0 spiro atoms. The van der Waals surface area contributed by atoms with Crippen LogP contribution < -0.4 is 11.1 Å². The molecule has 0 radical (unpaired) electrons. The van der Waals surface area contributed by atoms with Gasteiger partial charge in [0, 0.05) is 25.0 Å². The number of nitrogen functional groups attached to an aromatic ring is 1. The summed E-state index contributed by atoms with van der Waals surface area (Å²) in [5.41, 5.74) is 6.85. The van der Waals surface area contributed by atoms with E-state index in [0.29, 0.717) is 25.2 Å². The van der Waals surface area contributed by atoms with Crippen LogP contribution in [0.5, 0.6) is 0 Å². The summed E-state index contributed by atoms with van der Waals surface area (Å²) in [5, 5.41) is 3.03. The largest absolute Gasteiger partial charge is 0.462 e. The standard InChI is InChI=1S/C10H14N4O.C5H10O2/c11-8-1-2-13-9(5-8)7-14-4-3-12-6-10(14)15;1-5(2,3)7-4-6/h1-2,5,12H,3-4,6-7H2,(H2,11,13);4H,1-3H3. The second-order valence-corrected chi connectivity index (χ2v) is 5.90. The molecule has 2 heterocycles. The van der Waals surface area contributed by atoms with Gasteiger partial charge in [0.15, 0.2) is 0 Å². The number of rotatable bonds is 3. The number of anilines is 1. The minimum atomic E-state index is -0.318. The molecule has 1 aromatic rings. The summed E-state index contributed by atoms with van der Waals surface area (Å²) >= 11 is 0. The molecule has 0 bridgehead atoms. The van der Waals surface area contributed by atoms with Gasteiger partial charge >= 0.3 is 0 Å². The van der Waals surface area contributed by atoms with Crippen LogP contribution in [-0.2, 0) is 20.9 Å². The SMILES string of the molecule is CC(C)(C)OC=O.Nc1ccnc(CN2CCNCC2=O)c1. The van der Waals surface area contributed by atoms with E-state index in [9.17, 15) is 9.59 Å². The molecule has 1 fully saturated rings. The number of pyridine rings is 1. The minimum absolute atomic E-state index is 0.116. The quantitative estimate of drug-likeness (QED) is 0.792. The number of carbonyl (C=O) groups is 2. The van der Waals surface area contributed by atoms with Crippen LogP contribution in [0.3, 0.4) is 0 Å². The second-order valence-electron chi connectivity index (χ2n) is 5.90. The lowest BCUT2D eigenvalue weighted by molar-refractivity contribution is -0.138. The van der Waals surface area contributed by atoms with Gasteiger partial charge in [0.25, 0.3) is 6.47 Å². The van der Waals surface area contributed by atoms with Crippen LogP contribution in [0.25, 0.3) is 0 Å². The van der Waals surface area contributed by atoms with E-state index in [-0.39, 0.29) is 11.5 Å². The highest BCUT2D eigenvalue weighted by Gasteiger charge is 2.17. The fraction of sp³-hybridized carbons (Fsp3) is 0.533. The molecule has 2 rings (SSSR count). The molecular formula is C15H24N4O3. The minimum Gasteiger partial charge on any atom is -0.462 e. The number of nitrogens with zero attached hydrogens (tertiary/aromatic N) is 2. The lowest BCUT2D eigenvalue weighted by Gasteiger charge is -2.26. The first-order valence-corrected chi connectivity index (χ1v) is 7.12. The maximum Gasteiger partial charge on any atom is 0.293 e. The van der Waals surface area contributed by atoms with Crippen molar-refractivity contribution in [1.82, 2.24) is 15.2 Å². The molecular weight excluding hydrogens is 284 g/mol. The zero-order chi connectivity index (χ0) is 16.6. The summed E-state index contributed by atoms with van der Waals surface area (Å²) in [7, 11) is 0. The van der Waals surface area contributed by atoms with Gasteiger partial charge in [-0.15, -0.1) is 0 Å². The molecule has 0 unspecified atom stereocenters. The van der Waals surface area contributed by atoms with Gasteiger partial charge in [-0.05, 0) is 32.9 Å². The van der Waals surface area contributed by atoms with Gasteiger partial charge in [-0.2, -0.15) is 0 Å². The first kappa shape index (κ1) is 17.9. The number of piperazine rings is 1. The molecule has 0 aliphatic carbocycles. The Labute approximate surface area is 130 Å². The highest BCUT2D eigenvalue weighted by Crippen LogP contribution is 2.07. The predicted molar refractivity (Wildman–Crippen MR) is 83.8 cm³/mol. The number of hydrogen-bond acceptors (Lipinski definition) is 6. The number of ether oxygens (including phenoxy) is 1. The van der Waals surface area contributed by atoms with Crippen molar-refractivity contribution in [1.29, 1.82) is 0 Å². The van der Waals surface area contributed by atoms with Crippen molar-refractivity contribution in [2.45, 2.75) is 32.9 Å². The van der Waals surface area contributed by atoms with Crippen molar-refractivity contribution in [2.75, 3.05) is 25.4 Å². The molecule has 1 aliphatic rings. The highest BCUT2D eigenvalue weighted by molar-refractivity contribution is 5.78. The number of nitrogens with two attached hydrogens (primary N) is 1. The van der Waals surface area contributed by atoms with E-state index < -0.39 is 0 Å². The lowest BCUT2D eigenvalue weighted by atomic mass is 10.2. The molecule has 122 valence electrons. The van der Waals surface area contributed by atoms with Crippen molar-refractivity contribution >= 4 is 18.1 Å². The van der Waals surface area contributed by atoms with Crippen LogP contribution in [0.1, 0.15) is 26.5 Å². The van der Waals surface area contributed by atoms with Crippen LogP contribution in [0.15, 0.2) is 18.3 Å². The topological polar surface area (TPSA) is 97.6 Å². The number of aromatic nitrogens is 1. The lowest BCUT2D eigenvalue weighted by Crippen LogP contribution is -2.47. The Morgan fingerprint density at radius 1 is 1.50 bits per heavy atom. The van der Waals surface area contributed by atoms with E-state index in [1.807, 2.05) is 20.8 Å². The van der Waals surface area contributed by atoms with E-state index in [2.05, 4.69) is 15.0 Å². The fourth-order valence-corrected chi connectivity index (χ4v) is 1.74. The molecule has 0 saturated carbocycles. The van der Waals surface area contributed by atoms with Gasteiger partial charge < -0.3 is 20.7 Å². The molecule has 1 aliphatic heterocycles. The van der Waals surface area contributed by atoms with Crippen LogP contribution in [0.2, 0.25) is 0 Å². The predicted octanol–water partition coefficient (Wildman–Crippen LogP) is 0.554. The van der Waals surface area contributed by atoms with Crippen LogP contribution in [-0.4, -0.2) is 47.5 Å². The molecule has 1 aromatic heterocycles. The molecule has 1 amide bonds. The monoisotopic (exact) mass is 308 g/mol. The summed E-state index contributed by atoms with van der Waals surface area (Å²) in [6.45, 7) is 8.46. The van der Waals surface area contributed by atoms with Crippen molar-refractivity contribution in [3.8, 4) is 0 Å². The van der Waals surface area contributed by atoms with Gasteiger partial charge in [-0.3, -0.25) is 14.6 Å². The molecule has 0 aromatic carbocycles. The second kappa shape index (κ2) is 8.33. The average molecular weight is 308 g/mol. The Morgan fingerprint density at radius 2 is 2.23 bits per heavy atom. The van der Waals surface area contributed by atoms with Crippen molar-refractivity contribution < 1.29 is 14.3 Å². The summed E-state index contributed by atoms with van der Waals surface area (Å²) in [4.78, 5) is 27.1. The van der Waals surface area contributed by atoms with Gasteiger partial charge in [-0.25, -0.2) is 0 Å². The molecule has 7 nitrogen and oxygen atoms in total. The number of amides is 1. The third-order valence-corrected chi connectivity index (χ3v) is 2.78. The third kappa shape index (κ3) is 7.03. The Balaban J connectivity index is 0.000000295. The molecule has 3 N–H and O–H groups in total. The number of nitrogens with one attached hydrogen (secondary N) is 1. The summed E-state index contributed by atoms with van der Waals surface area (Å²) in [6, 6.07) is 3.54. The van der Waals surface area contributed by atoms with Gasteiger partial charge in [0.05, 0.1) is 18.8 Å². The zero-order valence-corrected chi connectivity index (χ0v) is 13.3. The van der Waals surface area contributed by atoms with E-state index >= 15 is 0 Å². The first-order valence-electron chi connectivity index (χ1n) is 7.12. The van der Waals surface area contributed by atoms with E-state index in [4.69, 9.17) is 5.73 Å². The van der Waals surface area contributed by atoms with Crippen LogP contribution in [0.4, 0.5) is 5.69 Å². The van der Waals surface area contributed by atoms with Gasteiger partial charge in [0.2, 0.25) is 5.91 Å². The van der Waals surface area contributed by atoms with Crippen molar-refractivity contribution in [3.63, 3.8) is 0 Å². The smallest absolute Gasteiger partial charge is 0.293 e. The molecule has 0 atom stereocenters. The number of carbonyl (C=O) groups excluding carboxylic acids is 2. The van der Waals surface area contributed by atoms with Crippen LogP contribution >= 0.6 is 0 Å². The average Bonchev–Trinajstić information content (AvgIpc) is 2.41. The number of hydrogen-bond donors (Lipinski definition) is 2. The molecule has 1 saturated heterocycles.